The third-order valence-corrected chi connectivity index (χ3v) is 5.91. The van der Waals surface area contributed by atoms with Gasteiger partial charge in [0.25, 0.3) is 5.91 Å². The van der Waals surface area contributed by atoms with Crippen LogP contribution in [0, 0.1) is 5.82 Å². The molecule has 0 aliphatic carbocycles. The number of rotatable bonds is 7. The van der Waals surface area contributed by atoms with E-state index in [0.717, 1.165) is 6.07 Å². The van der Waals surface area contributed by atoms with Crippen molar-refractivity contribution in [1.29, 1.82) is 0 Å². The number of hydrogen-bond acceptors (Lipinski definition) is 6. The number of amides is 1. The number of hydrogen-bond donors (Lipinski definition) is 2. The number of sulfonamides is 1. The Balaban J connectivity index is 1.89. The summed E-state index contributed by atoms with van der Waals surface area (Å²) in [5, 5.41) is 2.59. The van der Waals surface area contributed by atoms with Crippen LogP contribution in [0.2, 0.25) is 0 Å². The van der Waals surface area contributed by atoms with Gasteiger partial charge < -0.3 is 19.5 Å². The highest BCUT2D eigenvalue weighted by Crippen LogP contribution is 2.28. The average Bonchev–Trinajstić information content (AvgIpc) is 3.20. The summed E-state index contributed by atoms with van der Waals surface area (Å²) in [5.74, 6) is -0.837. The summed E-state index contributed by atoms with van der Waals surface area (Å²) >= 11 is 0. The molecule has 0 spiro atoms. The molecule has 2 N–H and O–H groups in total. The van der Waals surface area contributed by atoms with Crippen LogP contribution in [0.25, 0.3) is 0 Å². The van der Waals surface area contributed by atoms with E-state index in [1.807, 2.05) is 0 Å². The molecule has 3 rings (SSSR count). The van der Waals surface area contributed by atoms with Gasteiger partial charge in [-0.2, -0.15) is 0 Å². The maximum atomic E-state index is 13.4. The van der Waals surface area contributed by atoms with Crippen molar-refractivity contribution in [3.05, 3.63) is 47.8 Å². The van der Waals surface area contributed by atoms with Crippen LogP contribution in [0.1, 0.15) is 16.8 Å². The minimum atomic E-state index is -3.86. The first kappa shape index (κ1) is 21.0. The lowest BCUT2D eigenvalue weighted by molar-refractivity contribution is 0.102. The van der Waals surface area contributed by atoms with E-state index in [4.69, 9.17) is 14.2 Å². The van der Waals surface area contributed by atoms with Crippen LogP contribution in [-0.2, 0) is 14.8 Å². The van der Waals surface area contributed by atoms with Crippen molar-refractivity contribution in [2.75, 3.05) is 32.8 Å². The molecule has 1 atom stereocenters. The van der Waals surface area contributed by atoms with E-state index in [1.165, 1.54) is 44.6 Å². The van der Waals surface area contributed by atoms with Gasteiger partial charge in [-0.15, -0.1) is 0 Å². The molecule has 156 valence electrons. The predicted molar refractivity (Wildman–Crippen MR) is 103 cm³/mol. The Morgan fingerprint density at radius 1 is 1.14 bits per heavy atom. The number of halogens is 1. The number of nitrogens with one attached hydrogen (secondary N) is 2. The highest BCUT2D eigenvalue weighted by molar-refractivity contribution is 7.89. The van der Waals surface area contributed by atoms with Crippen LogP contribution in [0.4, 0.5) is 10.1 Å². The molecule has 1 unspecified atom stereocenters. The topological polar surface area (TPSA) is 103 Å². The fourth-order valence-electron chi connectivity index (χ4n) is 2.90. The van der Waals surface area contributed by atoms with E-state index < -0.39 is 21.7 Å². The molecule has 0 saturated carbocycles. The van der Waals surface area contributed by atoms with Gasteiger partial charge in [-0.05, 0) is 36.8 Å². The lowest BCUT2D eigenvalue weighted by atomic mass is 10.1. The van der Waals surface area contributed by atoms with Gasteiger partial charge in [0.2, 0.25) is 10.0 Å². The predicted octanol–water partition coefficient (Wildman–Crippen LogP) is 2.16. The van der Waals surface area contributed by atoms with Gasteiger partial charge in [0.15, 0.2) is 0 Å². The number of benzene rings is 2. The largest absolute Gasteiger partial charge is 0.496 e. The second-order valence-electron chi connectivity index (χ2n) is 6.34. The third-order valence-electron chi connectivity index (χ3n) is 4.39. The monoisotopic (exact) mass is 424 g/mol. The zero-order valence-corrected chi connectivity index (χ0v) is 16.7. The summed E-state index contributed by atoms with van der Waals surface area (Å²) in [6, 6.07) is 7.31. The second kappa shape index (κ2) is 8.76. The number of anilines is 1. The number of ether oxygens (including phenoxy) is 3. The molecule has 0 aromatic heterocycles. The zero-order chi connectivity index (χ0) is 21.0. The fourth-order valence-corrected chi connectivity index (χ4v) is 4.19. The minimum absolute atomic E-state index is 0.00410. The molecule has 10 heteroatoms. The summed E-state index contributed by atoms with van der Waals surface area (Å²) in [7, 11) is -1.14. The molecule has 8 nitrogen and oxygen atoms in total. The second-order valence-corrected chi connectivity index (χ2v) is 8.06. The Kier molecular flexibility index (Phi) is 6.36. The fraction of sp³-hybridized carbons (Fsp3) is 0.316. The highest BCUT2D eigenvalue weighted by Gasteiger charge is 2.25. The van der Waals surface area contributed by atoms with Crippen molar-refractivity contribution in [2.24, 2.45) is 0 Å². The maximum Gasteiger partial charge on any atom is 0.259 e. The number of methoxy groups -OCH3 is 2. The van der Waals surface area contributed by atoms with Crippen LogP contribution >= 0.6 is 0 Å². The standard InChI is InChI=1S/C19H21FN2O6S/c1-26-17-6-4-14(29(24,25)22-13-7-8-28-11-13)10-15(17)19(23)21-16-5-3-12(20)9-18(16)27-2/h3-6,9-10,13,22H,7-8,11H2,1-2H3,(H,21,23). The SMILES string of the molecule is COc1cc(F)ccc1NC(=O)c1cc(S(=O)(=O)NC2CCOC2)ccc1OC. The van der Waals surface area contributed by atoms with E-state index >= 15 is 0 Å². The Morgan fingerprint density at radius 2 is 1.90 bits per heavy atom. The van der Waals surface area contributed by atoms with E-state index in [2.05, 4.69) is 10.0 Å². The van der Waals surface area contributed by atoms with Gasteiger partial charge in [0, 0.05) is 18.7 Å². The summed E-state index contributed by atoms with van der Waals surface area (Å²) < 4.78 is 56.7. The molecule has 1 aliphatic heterocycles. The lowest BCUT2D eigenvalue weighted by Gasteiger charge is -2.15. The minimum Gasteiger partial charge on any atom is -0.496 e. The molecule has 1 saturated heterocycles. The molecular formula is C19H21FN2O6S. The van der Waals surface area contributed by atoms with Gasteiger partial charge in [0.05, 0.1) is 37.0 Å². The molecule has 1 fully saturated rings. The van der Waals surface area contributed by atoms with Crippen LogP contribution < -0.4 is 19.5 Å². The van der Waals surface area contributed by atoms with E-state index in [1.54, 1.807) is 0 Å². The first-order chi connectivity index (χ1) is 13.8. The summed E-state index contributed by atoms with van der Waals surface area (Å²) in [5.41, 5.74) is 0.236. The molecule has 2 aromatic rings. The molecule has 2 aromatic carbocycles. The number of carbonyl (C=O) groups is 1. The first-order valence-corrected chi connectivity index (χ1v) is 10.3. The Morgan fingerprint density at radius 3 is 2.55 bits per heavy atom. The van der Waals surface area contributed by atoms with Crippen molar-refractivity contribution < 1.29 is 31.8 Å². The molecule has 1 amide bonds. The number of carbonyl (C=O) groups excluding carboxylic acids is 1. The zero-order valence-electron chi connectivity index (χ0n) is 15.9. The van der Waals surface area contributed by atoms with Crippen molar-refractivity contribution >= 4 is 21.6 Å². The smallest absolute Gasteiger partial charge is 0.259 e. The lowest BCUT2D eigenvalue weighted by Crippen LogP contribution is -2.35. The first-order valence-electron chi connectivity index (χ1n) is 8.77. The van der Waals surface area contributed by atoms with Crippen LogP contribution in [0.15, 0.2) is 41.3 Å². The quantitative estimate of drug-likeness (QED) is 0.706. The molecule has 0 bridgehead atoms. The van der Waals surface area contributed by atoms with Crippen molar-refractivity contribution in [3.63, 3.8) is 0 Å². The van der Waals surface area contributed by atoms with Gasteiger partial charge in [-0.1, -0.05) is 0 Å². The Bertz CT molecular complexity index is 1010. The van der Waals surface area contributed by atoms with Crippen LogP contribution in [-0.4, -0.2) is 47.8 Å². The molecular weight excluding hydrogens is 403 g/mol. The Labute approximate surface area is 168 Å². The van der Waals surface area contributed by atoms with Crippen molar-refractivity contribution in [3.8, 4) is 11.5 Å². The van der Waals surface area contributed by atoms with Gasteiger partial charge >= 0.3 is 0 Å². The van der Waals surface area contributed by atoms with Crippen LogP contribution in [0.5, 0.6) is 11.5 Å². The Hall–Kier alpha value is -2.69. The maximum absolute atomic E-state index is 13.4. The summed E-state index contributed by atoms with van der Waals surface area (Å²) in [4.78, 5) is 12.7. The van der Waals surface area contributed by atoms with Crippen molar-refractivity contribution in [1.82, 2.24) is 4.72 Å². The molecule has 1 aliphatic rings. The summed E-state index contributed by atoms with van der Waals surface area (Å²) in [6.07, 6.45) is 0.576. The van der Waals surface area contributed by atoms with Gasteiger partial charge in [0.1, 0.15) is 17.3 Å². The molecule has 0 radical (unpaired) electrons. The van der Waals surface area contributed by atoms with E-state index in [9.17, 15) is 17.6 Å². The van der Waals surface area contributed by atoms with Crippen molar-refractivity contribution in [2.45, 2.75) is 17.4 Å². The highest BCUT2D eigenvalue weighted by atomic mass is 32.2. The molecule has 1 heterocycles. The van der Waals surface area contributed by atoms with Crippen LogP contribution in [0.3, 0.4) is 0 Å². The van der Waals surface area contributed by atoms with E-state index in [0.29, 0.717) is 19.6 Å². The summed E-state index contributed by atoms with van der Waals surface area (Å²) in [6.45, 7) is 0.788. The molecule has 29 heavy (non-hydrogen) atoms. The third kappa shape index (κ3) is 4.84. The van der Waals surface area contributed by atoms with E-state index in [-0.39, 0.29) is 33.7 Å². The average molecular weight is 424 g/mol. The van der Waals surface area contributed by atoms with Gasteiger partial charge in [-0.3, -0.25) is 4.79 Å². The normalized spacial score (nSPS) is 16.4. The van der Waals surface area contributed by atoms with Gasteiger partial charge in [-0.25, -0.2) is 17.5 Å².